The van der Waals surface area contributed by atoms with Gasteiger partial charge in [-0.05, 0) is 32.0 Å². The van der Waals surface area contributed by atoms with Gasteiger partial charge in [0.1, 0.15) is 11.5 Å². The third-order valence-electron chi connectivity index (χ3n) is 2.77. The van der Waals surface area contributed by atoms with Crippen molar-refractivity contribution in [2.45, 2.75) is 26.3 Å². The summed E-state index contributed by atoms with van der Waals surface area (Å²) in [6.45, 7) is 4.26. The number of amides is 1. The number of carbonyl (C=O) groups is 1. The van der Waals surface area contributed by atoms with Crippen LogP contribution in [0.5, 0.6) is 0 Å². The van der Waals surface area contributed by atoms with Crippen LogP contribution in [0.3, 0.4) is 0 Å². The first-order chi connectivity index (χ1) is 9.65. The van der Waals surface area contributed by atoms with E-state index in [1.165, 1.54) is 0 Å². The molecule has 0 spiro atoms. The molecule has 1 atom stereocenters. The molecular formula is C14H18N4O2. The second kappa shape index (κ2) is 6.70. The quantitative estimate of drug-likeness (QED) is 0.842. The molecule has 1 unspecified atom stereocenters. The third-order valence-corrected chi connectivity index (χ3v) is 2.77. The second-order valence-electron chi connectivity index (χ2n) is 4.49. The van der Waals surface area contributed by atoms with Crippen molar-refractivity contribution in [1.82, 2.24) is 15.3 Å². The summed E-state index contributed by atoms with van der Waals surface area (Å²) in [5.41, 5.74) is 0. The third kappa shape index (κ3) is 4.08. The highest BCUT2D eigenvalue weighted by molar-refractivity contribution is 5.76. The molecule has 6 heteroatoms. The maximum absolute atomic E-state index is 11.8. The van der Waals surface area contributed by atoms with Gasteiger partial charge in [0.15, 0.2) is 0 Å². The van der Waals surface area contributed by atoms with Gasteiger partial charge in [-0.15, -0.1) is 0 Å². The molecule has 0 radical (unpaired) electrons. The van der Waals surface area contributed by atoms with Gasteiger partial charge in [0.05, 0.1) is 6.04 Å². The molecule has 0 saturated carbocycles. The summed E-state index contributed by atoms with van der Waals surface area (Å²) >= 11 is 0. The summed E-state index contributed by atoms with van der Waals surface area (Å²) in [6.07, 6.45) is 3.65. The first kappa shape index (κ1) is 14.0. The Hall–Kier alpha value is -2.37. The van der Waals surface area contributed by atoms with E-state index in [1.54, 1.807) is 18.5 Å². The molecule has 1 amide bonds. The Bertz CT molecular complexity index is 553. The Morgan fingerprint density at radius 2 is 2.10 bits per heavy atom. The number of furan rings is 1. The highest BCUT2D eigenvalue weighted by atomic mass is 16.3. The van der Waals surface area contributed by atoms with Crippen LogP contribution in [-0.2, 0) is 4.79 Å². The SMILES string of the molecule is Cc1ccc(C(C)NC(=O)CCNc2ncccn2)o1. The van der Waals surface area contributed by atoms with Crippen LogP contribution in [0, 0.1) is 6.92 Å². The fraction of sp³-hybridized carbons (Fsp3) is 0.357. The van der Waals surface area contributed by atoms with E-state index in [2.05, 4.69) is 20.6 Å². The van der Waals surface area contributed by atoms with E-state index in [-0.39, 0.29) is 11.9 Å². The number of rotatable bonds is 6. The van der Waals surface area contributed by atoms with Crippen molar-refractivity contribution in [3.63, 3.8) is 0 Å². The number of nitrogens with one attached hydrogen (secondary N) is 2. The van der Waals surface area contributed by atoms with Crippen LogP contribution in [0.15, 0.2) is 35.0 Å². The largest absolute Gasteiger partial charge is 0.464 e. The van der Waals surface area contributed by atoms with Crippen LogP contribution in [0.4, 0.5) is 5.95 Å². The summed E-state index contributed by atoms with van der Waals surface area (Å²) in [6, 6.07) is 5.36. The van der Waals surface area contributed by atoms with Gasteiger partial charge in [-0.2, -0.15) is 0 Å². The molecule has 0 saturated heterocycles. The van der Waals surface area contributed by atoms with Crippen LogP contribution in [0.1, 0.15) is 30.9 Å². The number of nitrogens with zero attached hydrogens (tertiary/aromatic N) is 2. The van der Waals surface area contributed by atoms with Crippen molar-refractivity contribution in [2.24, 2.45) is 0 Å². The van der Waals surface area contributed by atoms with E-state index in [4.69, 9.17) is 4.42 Å². The molecule has 20 heavy (non-hydrogen) atoms. The lowest BCUT2D eigenvalue weighted by Crippen LogP contribution is -2.28. The molecule has 2 heterocycles. The van der Waals surface area contributed by atoms with Crippen molar-refractivity contribution in [1.29, 1.82) is 0 Å². The van der Waals surface area contributed by atoms with Gasteiger partial charge in [-0.3, -0.25) is 4.79 Å². The van der Waals surface area contributed by atoms with Crippen LogP contribution in [0.2, 0.25) is 0 Å². The number of carbonyl (C=O) groups excluding carboxylic acids is 1. The lowest BCUT2D eigenvalue weighted by Gasteiger charge is -2.11. The van der Waals surface area contributed by atoms with Gasteiger partial charge in [-0.25, -0.2) is 9.97 Å². The minimum absolute atomic E-state index is 0.0463. The zero-order valence-corrected chi connectivity index (χ0v) is 11.6. The van der Waals surface area contributed by atoms with Gasteiger partial charge < -0.3 is 15.1 Å². The van der Waals surface area contributed by atoms with Crippen LogP contribution >= 0.6 is 0 Å². The number of hydrogen-bond acceptors (Lipinski definition) is 5. The number of aromatic nitrogens is 2. The lowest BCUT2D eigenvalue weighted by molar-refractivity contribution is -0.121. The van der Waals surface area contributed by atoms with E-state index in [0.29, 0.717) is 18.9 Å². The average Bonchev–Trinajstić information content (AvgIpc) is 2.87. The lowest BCUT2D eigenvalue weighted by atomic mass is 10.2. The average molecular weight is 274 g/mol. The highest BCUT2D eigenvalue weighted by Crippen LogP contribution is 2.15. The normalized spacial score (nSPS) is 11.9. The summed E-state index contributed by atoms with van der Waals surface area (Å²) in [7, 11) is 0. The van der Waals surface area contributed by atoms with Crippen molar-refractivity contribution in [2.75, 3.05) is 11.9 Å². The standard InChI is InChI=1S/C14H18N4O2/c1-10-4-5-12(20-10)11(2)18-13(19)6-9-17-14-15-7-3-8-16-14/h3-5,7-8,11H,6,9H2,1-2H3,(H,18,19)(H,15,16,17). The Morgan fingerprint density at radius 3 is 2.75 bits per heavy atom. The molecule has 2 rings (SSSR count). The molecule has 0 fully saturated rings. The monoisotopic (exact) mass is 274 g/mol. The van der Waals surface area contributed by atoms with Crippen molar-refractivity contribution >= 4 is 11.9 Å². The van der Waals surface area contributed by atoms with Crippen LogP contribution < -0.4 is 10.6 Å². The van der Waals surface area contributed by atoms with Gasteiger partial charge in [0.2, 0.25) is 11.9 Å². The number of anilines is 1. The number of aryl methyl sites for hydroxylation is 1. The molecular weight excluding hydrogens is 256 g/mol. The highest BCUT2D eigenvalue weighted by Gasteiger charge is 2.12. The first-order valence-electron chi connectivity index (χ1n) is 6.52. The number of hydrogen-bond donors (Lipinski definition) is 2. The summed E-state index contributed by atoms with van der Waals surface area (Å²) < 4.78 is 5.47. The van der Waals surface area contributed by atoms with Crippen LogP contribution in [-0.4, -0.2) is 22.4 Å². The molecule has 0 aliphatic heterocycles. The maximum atomic E-state index is 11.8. The Kier molecular flexibility index (Phi) is 4.70. The van der Waals surface area contributed by atoms with Crippen molar-refractivity contribution in [3.8, 4) is 0 Å². The molecule has 2 N–H and O–H groups in total. The van der Waals surface area contributed by atoms with E-state index in [9.17, 15) is 4.79 Å². The zero-order valence-electron chi connectivity index (χ0n) is 11.6. The van der Waals surface area contributed by atoms with Gasteiger partial charge in [-0.1, -0.05) is 0 Å². The van der Waals surface area contributed by atoms with E-state index >= 15 is 0 Å². The molecule has 106 valence electrons. The van der Waals surface area contributed by atoms with Crippen molar-refractivity contribution < 1.29 is 9.21 Å². The summed E-state index contributed by atoms with van der Waals surface area (Å²) in [5, 5.41) is 5.87. The molecule has 0 aliphatic rings. The molecule has 0 aliphatic carbocycles. The Labute approximate surface area is 117 Å². The predicted molar refractivity (Wildman–Crippen MR) is 75.1 cm³/mol. The van der Waals surface area contributed by atoms with Crippen LogP contribution in [0.25, 0.3) is 0 Å². The van der Waals surface area contributed by atoms with Crippen molar-refractivity contribution in [3.05, 3.63) is 42.1 Å². The smallest absolute Gasteiger partial charge is 0.222 e. The molecule has 0 bridgehead atoms. The molecule has 0 aromatic carbocycles. The fourth-order valence-corrected chi connectivity index (χ4v) is 1.75. The summed E-state index contributed by atoms with van der Waals surface area (Å²) in [4.78, 5) is 19.8. The van der Waals surface area contributed by atoms with Gasteiger partial charge in [0.25, 0.3) is 0 Å². The topological polar surface area (TPSA) is 80.0 Å². The zero-order chi connectivity index (χ0) is 14.4. The Balaban J connectivity index is 1.73. The molecule has 2 aromatic rings. The van der Waals surface area contributed by atoms with Gasteiger partial charge >= 0.3 is 0 Å². The minimum Gasteiger partial charge on any atom is -0.464 e. The maximum Gasteiger partial charge on any atom is 0.222 e. The first-order valence-corrected chi connectivity index (χ1v) is 6.52. The Morgan fingerprint density at radius 1 is 1.35 bits per heavy atom. The van der Waals surface area contributed by atoms with Gasteiger partial charge in [0, 0.05) is 25.4 Å². The minimum atomic E-state index is -0.135. The summed E-state index contributed by atoms with van der Waals surface area (Å²) in [5.74, 6) is 2.07. The van der Waals surface area contributed by atoms with E-state index < -0.39 is 0 Å². The molecule has 2 aromatic heterocycles. The molecule has 6 nitrogen and oxygen atoms in total. The predicted octanol–water partition coefficient (Wildman–Crippen LogP) is 2.06. The van der Waals surface area contributed by atoms with E-state index in [1.807, 2.05) is 26.0 Å². The fourth-order valence-electron chi connectivity index (χ4n) is 1.75. The second-order valence-corrected chi connectivity index (χ2v) is 4.49. The van der Waals surface area contributed by atoms with E-state index in [0.717, 1.165) is 11.5 Å².